The molecule has 1 aromatic carbocycles. The van der Waals surface area contributed by atoms with Crippen LogP contribution in [0.25, 0.3) is 0 Å². The van der Waals surface area contributed by atoms with Gasteiger partial charge in [0.15, 0.2) is 0 Å². The first-order valence-corrected chi connectivity index (χ1v) is 5.77. The Morgan fingerprint density at radius 3 is 2.40 bits per heavy atom. The van der Waals surface area contributed by atoms with Crippen molar-refractivity contribution in [2.24, 2.45) is 5.10 Å². The van der Waals surface area contributed by atoms with Crippen LogP contribution in [-0.2, 0) is 0 Å². The summed E-state index contributed by atoms with van der Waals surface area (Å²) in [5.74, 6) is 0. The van der Waals surface area contributed by atoms with Gasteiger partial charge in [-0.2, -0.15) is 5.10 Å². The van der Waals surface area contributed by atoms with Crippen molar-refractivity contribution >= 4 is 17.8 Å². The second-order valence-electron chi connectivity index (χ2n) is 3.81. The van der Waals surface area contributed by atoms with Gasteiger partial charge in [-0.1, -0.05) is 23.7 Å². The van der Waals surface area contributed by atoms with Gasteiger partial charge in [-0.3, -0.25) is 5.01 Å². The van der Waals surface area contributed by atoms with Crippen LogP contribution in [0.15, 0.2) is 29.4 Å². The molecule has 0 aromatic heterocycles. The fourth-order valence-corrected chi connectivity index (χ4v) is 1.82. The maximum absolute atomic E-state index is 5.81. The molecule has 0 radical (unpaired) electrons. The van der Waals surface area contributed by atoms with Gasteiger partial charge in [0.25, 0.3) is 0 Å². The summed E-state index contributed by atoms with van der Waals surface area (Å²) in [6.45, 7) is 2.17. The molecule has 0 bridgehead atoms. The molecule has 1 saturated heterocycles. The first-order valence-electron chi connectivity index (χ1n) is 5.39. The van der Waals surface area contributed by atoms with Crippen molar-refractivity contribution < 1.29 is 0 Å². The molecule has 0 N–H and O–H groups in total. The van der Waals surface area contributed by atoms with Gasteiger partial charge in [0.2, 0.25) is 0 Å². The molecular weight excluding hydrogens is 208 g/mol. The zero-order chi connectivity index (χ0) is 10.5. The fraction of sp³-hybridized carbons (Fsp3) is 0.417. The highest BCUT2D eigenvalue weighted by Crippen LogP contribution is 2.10. The minimum Gasteiger partial charge on any atom is -0.297 e. The van der Waals surface area contributed by atoms with E-state index in [9.17, 15) is 0 Å². The minimum atomic E-state index is 0.769. The summed E-state index contributed by atoms with van der Waals surface area (Å²) >= 11 is 5.81. The van der Waals surface area contributed by atoms with Crippen LogP contribution in [0.2, 0.25) is 5.02 Å². The van der Waals surface area contributed by atoms with Crippen LogP contribution in [0, 0.1) is 0 Å². The lowest BCUT2D eigenvalue weighted by Crippen LogP contribution is -2.24. The van der Waals surface area contributed by atoms with E-state index in [2.05, 4.69) is 10.1 Å². The normalized spacial score (nSPS) is 17.3. The molecule has 2 rings (SSSR count). The lowest BCUT2D eigenvalue weighted by molar-refractivity contribution is 0.240. The number of benzene rings is 1. The van der Waals surface area contributed by atoms with Crippen molar-refractivity contribution in [3.05, 3.63) is 34.9 Å². The summed E-state index contributed by atoms with van der Waals surface area (Å²) in [6, 6.07) is 7.74. The Kier molecular flexibility index (Phi) is 3.62. The lowest BCUT2D eigenvalue weighted by Gasteiger charge is -2.23. The Morgan fingerprint density at radius 2 is 1.73 bits per heavy atom. The summed E-state index contributed by atoms with van der Waals surface area (Å²) in [6.07, 6.45) is 5.77. The van der Waals surface area contributed by atoms with E-state index in [0.717, 1.165) is 23.7 Å². The van der Waals surface area contributed by atoms with Crippen LogP contribution >= 0.6 is 11.6 Å². The van der Waals surface area contributed by atoms with E-state index < -0.39 is 0 Å². The number of hydrazone groups is 1. The highest BCUT2D eigenvalue weighted by atomic mass is 35.5. The molecular formula is C12H15ClN2. The first kappa shape index (κ1) is 10.5. The third kappa shape index (κ3) is 3.24. The zero-order valence-electron chi connectivity index (χ0n) is 8.69. The number of piperidine rings is 1. The van der Waals surface area contributed by atoms with Crippen LogP contribution in [0.1, 0.15) is 24.8 Å². The standard InChI is InChI=1S/C12H15ClN2/c13-12-6-4-11(5-7-12)10-14-15-8-2-1-3-9-15/h4-7,10H,1-3,8-9H2/b14-10+. The van der Waals surface area contributed by atoms with Gasteiger partial charge in [-0.25, -0.2) is 0 Å². The smallest absolute Gasteiger partial charge is 0.0542 e. The van der Waals surface area contributed by atoms with Gasteiger partial charge in [0, 0.05) is 18.1 Å². The van der Waals surface area contributed by atoms with Gasteiger partial charge >= 0.3 is 0 Å². The third-order valence-corrected chi connectivity index (χ3v) is 2.82. The molecule has 1 aliphatic rings. The summed E-state index contributed by atoms with van der Waals surface area (Å²) in [7, 11) is 0. The van der Waals surface area contributed by atoms with Crippen LogP contribution in [0.4, 0.5) is 0 Å². The minimum absolute atomic E-state index is 0.769. The van der Waals surface area contributed by atoms with Crippen molar-refractivity contribution in [1.29, 1.82) is 0 Å². The first-order chi connectivity index (χ1) is 7.34. The highest BCUT2D eigenvalue weighted by Gasteiger charge is 2.05. The Labute approximate surface area is 95.5 Å². The molecule has 0 atom stereocenters. The Bertz CT molecular complexity index is 326. The van der Waals surface area contributed by atoms with E-state index in [1.54, 1.807) is 0 Å². The van der Waals surface area contributed by atoms with E-state index in [-0.39, 0.29) is 0 Å². The SMILES string of the molecule is Clc1ccc(/C=N/N2CCCCC2)cc1. The molecule has 1 aliphatic heterocycles. The quantitative estimate of drug-likeness (QED) is 0.702. The van der Waals surface area contributed by atoms with Crippen molar-refractivity contribution in [2.45, 2.75) is 19.3 Å². The summed E-state index contributed by atoms with van der Waals surface area (Å²) < 4.78 is 0. The molecule has 2 nitrogen and oxygen atoms in total. The van der Waals surface area contributed by atoms with Crippen molar-refractivity contribution in [1.82, 2.24) is 5.01 Å². The van der Waals surface area contributed by atoms with Crippen molar-refractivity contribution in [3.63, 3.8) is 0 Å². The van der Waals surface area contributed by atoms with Crippen LogP contribution in [0.3, 0.4) is 0 Å². The second-order valence-corrected chi connectivity index (χ2v) is 4.25. The number of rotatable bonds is 2. The average molecular weight is 223 g/mol. The second kappa shape index (κ2) is 5.17. The van der Waals surface area contributed by atoms with Crippen molar-refractivity contribution in [3.8, 4) is 0 Å². The van der Waals surface area contributed by atoms with Gasteiger partial charge < -0.3 is 0 Å². The van der Waals surface area contributed by atoms with E-state index >= 15 is 0 Å². The van der Waals surface area contributed by atoms with Gasteiger partial charge in [-0.15, -0.1) is 0 Å². The number of nitrogens with zero attached hydrogens (tertiary/aromatic N) is 2. The van der Waals surface area contributed by atoms with Gasteiger partial charge in [0.05, 0.1) is 6.21 Å². The monoisotopic (exact) mass is 222 g/mol. The van der Waals surface area contributed by atoms with E-state index in [1.165, 1.54) is 19.3 Å². The number of hydrogen-bond donors (Lipinski definition) is 0. The fourth-order valence-electron chi connectivity index (χ4n) is 1.69. The van der Waals surface area contributed by atoms with Gasteiger partial charge in [0.1, 0.15) is 0 Å². The number of halogens is 1. The molecule has 3 heteroatoms. The molecule has 0 aliphatic carbocycles. The molecule has 15 heavy (non-hydrogen) atoms. The molecule has 0 saturated carbocycles. The van der Waals surface area contributed by atoms with E-state index in [1.807, 2.05) is 30.5 Å². The molecule has 0 unspecified atom stereocenters. The Balaban J connectivity index is 1.95. The predicted octanol–water partition coefficient (Wildman–Crippen LogP) is 3.16. The van der Waals surface area contributed by atoms with Crippen LogP contribution in [0.5, 0.6) is 0 Å². The number of hydrogen-bond acceptors (Lipinski definition) is 2. The van der Waals surface area contributed by atoms with Crippen molar-refractivity contribution in [2.75, 3.05) is 13.1 Å². The molecule has 80 valence electrons. The summed E-state index contributed by atoms with van der Waals surface area (Å²) in [5, 5.41) is 7.35. The highest BCUT2D eigenvalue weighted by molar-refractivity contribution is 6.30. The molecule has 1 heterocycles. The summed E-state index contributed by atoms with van der Waals surface area (Å²) in [5.41, 5.74) is 1.10. The summed E-state index contributed by atoms with van der Waals surface area (Å²) in [4.78, 5) is 0. The predicted molar refractivity (Wildman–Crippen MR) is 64.5 cm³/mol. The Morgan fingerprint density at radius 1 is 1.07 bits per heavy atom. The molecule has 1 fully saturated rings. The molecule has 1 aromatic rings. The molecule has 0 amide bonds. The van der Waals surface area contributed by atoms with E-state index in [4.69, 9.17) is 11.6 Å². The maximum Gasteiger partial charge on any atom is 0.0542 e. The topological polar surface area (TPSA) is 15.6 Å². The van der Waals surface area contributed by atoms with Crippen LogP contribution in [-0.4, -0.2) is 24.3 Å². The third-order valence-electron chi connectivity index (χ3n) is 2.57. The Hall–Kier alpha value is -1.02. The average Bonchev–Trinajstić information content (AvgIpc) is 2.30. The lowest BCUT2D eigenvalue weighted by atomic mass is 10.2. The zero-order valence-corrected chi connectivity index (χ0v) is 9.45. The van der Waals surface area contributed by atoms with E-state index in [0.29, 0.717) is 0 Å². The van der Waals surface area contributed by atoms with Crippen LogP contribution < -0.4 is 0 Å². The largest absolute Gasteiger partial charge is 0.297 e. The maximum atomic E-state index is 5.81. The molecule has 0 spiro atoms. The van der Waals surface area contributed by atoms with Gasteiger partial charge in [-0.05, 0) is 37.0 Å².